The standard InChI is InChI=1S/C16H19N3S/c1-4-13-14(10-19(3)18-13)17-11(2)16-9-12-7-5-6-8-15(12)20-16/h5-11,17H,4H2,1-3H3. The maximum atomic E-state index is 4.48. The number of nitrogens with zero attached hydrogens (tertiary/aromatic N) is 2. The van der Waals surface area contributed by atoms with Gasteiger partial charge in [-0.1, -0.05) is 25.1 Å². The van der Waals surface area contributed by atoms with Crippen molar-refractivity contribution in [3.05, 3.63) is 47.1 Å². The number of hydrogen-bond acceptors (Lipinski definition) is 3. The van der Waals surface area contributed by atoms with Crippen LogP contribution in [0.1, 0.15) is 30.5 Å². The smallest absolute Gasteiger partial charge is 0.0853 e. The van der Waals surface area contributed by atoms with E-state index in [1.807, 2.05) is 23.1 Å². The summed E-state index contributed by atoms with van der Waals surface area (Å²) in [5.74, 6) is 0. The van der Waals surface area contributed by atoms with E-state index in [-0.39, 0.29) is 0 Å². The Kier molecular flexibility index (Phi) is 3.49. The molecule has 0 saturated heterocycles. The van der Waals surface area contributed by atoms with Crippen molar-refractivity contribution in [2.75, 3.05) is 5.32 Å². The quantitative estimate of drug-likeness (QED) is 0.771. The molecule has 2 aromatic heterocycles. The Labute approximate surface area is 123 Å². The molecule has 0 aliphatic rings. The van der Waals surface area contributed by atoms with Crippen LogP contribution in [0.2, 0.25) is 0 Å². The first kappa shape index (κ1) is 13.2. The van der Waals surface area contributed by atoms with E-state index in [1.165, 1.54) is 15.0 Å². The van der Waals surface area contributed by atoms with Crippen LogP contribution in [0.15, 0.2) is 36.5 Å². The van der Waals surface area contributed by atoms with Gasteiger partial charge in [0.05, 0.1) is 17.4 Å². The lowest BCUT2D eigenvalue weighted by atomic mass is 10.2. The first-order valence-corrected chi connectivity index (χ1v) is 7.76. The summed E-state index contributed by atoms with van der Waals surface area (Å²) in [5.41, 5.74) is 2.26. The number of rotatable bonds is 4. The summed E-state index contributed by atoms with van der Waals surface area (Å²) < 4.78 is 3.22. The van der Waals surface area contributed by atoms with Gasteiger partial charge in [-0.15, -0.1) is 11.3 Å². The fraction of sp³-hybridized carbons (Fsp3) is 0.312. The van der Waals surface area contributed by atoms with Gasteiger partial charge in [0.15, 0.2) is 0 Å². The van der Waals surface area contributed by atoms with E-state index in [0.29, 0.717) is 6.04 Å². The second-order valence-corrected chi connectivity index (χ2v) is 6.18. The molecule has 3 nitrogen and oxygen atoms in total. The van der Waals surface area contributed by atoms with Crippen LogP contribution in [-0.4, -0.2) is 9.78 Å². The van der Waals surface area contributed by atoms with Crippen LogP contribution in [0, 0.1) is 0 Å². The van der Waals surface area contributed by atoms with Gasteiger partial charge in [-0.3, -0.25) is 4.68 Å². The minimum Gasteiger partial charge on any atom is -0.375 e. The van der Waals surface area contributed by atoms with Gasteiger partial charge in [0, 0.05) is 22.8 Å². The number of aryl methyl sites for hydroxylation is 2. The van der Waals surface area contributed by atoms with Crippen LogP contribution in [0.5, 0.6) is 0 Å². The van der Waals surface area contributed by atoms with Crippen LogP contribution >= 0.6 is 11.3 Å². The Bertz CT molecular complexity index is 693. The van der Waals surface area contributed by atoms with Crippen LogP contribution in [-0.2, 0) is 13.5 Å². The predicted molar refractivity (Wildman–Crippen MR) is 86.4 cm³/mol. The van der Waals surface area contributed by atoms with Crippen LogP contribution in [0.4, 0.5) is 5.69 Å². The third kappa shape index (κ3) is 2.43. The summed E-state index contributed by atoms with van der Waals surface area (Å²) in [6.07, 6.45) is 3.00. The van der Waals surface area contributed by atoms with E-state index in [9.17, 15) is 0 Å². The van der Waals surface area contributed by atoms with E-state index in [2.05, 4.69) is 60.8 Å². The lowest BCUT2D eigenvalue weighted by molar-refractivity contribution is 0.746. The first-order chi connectivity index (χ1) is 9.67. The molecule has 0 fully saturated rings. The number of thiophene rings is 1. The third-order valence-corrected chi connectivity index (χ3v) is 4.78. The monoisotopic (exact) mass is 285 g/mol. The Balaban J connectivity index is 1.86. The molecule has 1 unspecified atom stereocenters. The lowest BCUT2D eigenvalue weighted by Crippen LogP contribution is -2.05. The van der Waals surface area contributed by atoms with Gasteiger partial charge in [-0.05, 0) is 30.9 Å². The van der Waals surface area contributed by atoms with Gasteiger partial charge < -0.3 is 5.32 Å². The average Bonchev–Trinajstić information content (AvgIpc) is 3.01. The summed E-state index contributed by atoms with van der Waals surface area (Å²) in [7, 11) is 1.97. The Morgan fingerprint density at radius 1 is 1.35 bits per heavy atom. The van der Waals surface area contributed by atoms with Gasteiger partial charge in [0.2, 0.25) is 0 Å². The van der Waals surface area contributed by atoms with Gasteiger partial charge in [0.1, 0.15) is 0 Å². The van der Waals surface area contributed by atoms with Gasteiger partial charge in [0.25, 0.3) is 0 Å². The Morgan fingerprint density at radius 3 is 2.90 bits per heavy atom. The van der Waals surface area contributed by atoms with Crippen molar-refractivity contribution in [3.8, 4) is 0 Å². The van der Waals surface area contributed by atoms with Crippen molar-refractivity contribution in [2.24, 2.45) is 7.05 Å². The number of anilines is 1. The van der Waals surface area contributed by atoms with Crippen LogP contribution in [0.3, 0.4) is 0 Å². The normalized spacial score (nSPS) is 12.8. The fourth-order valence-corrected chi connectivity index (χ4v) is 3.50. The second kappa shape index (κ2) is 5.29. The summed E-state index contributed by atoms with van der Waals surface area (Å²) in [6, 6.07) is 11.1. The van der Waals surface area contributed by atoms with Crippen molar-refractivity contribution < 1.29 is 0 Å². The van der Waals surface area contributed by atoms with Crippen molar-refractivity contribution in [3.63, 3.8) is 0 Å². The minimum atomic E-state index is 0.293. The van der Waals surface area contributed by atoms with Crippen molar-refractivity contribution in [1.82, 2.24) is 9.78 Å². The molecule has 0 aliphatic heterocycles. The zero-order valence-corrected chi connectivity index (χ0v) is 12.9. The summed E-state index contributed by atoms with van der Waals surface area (Å²) in [4.78, 5) is 1.36. The van der Waals surface area contributed by atoms with E-state index in [4.69, 9.17) is 0 Å². The number of hydrogen-bond donors (Lipinski definition) is 1. The zero-order chi connectivity index (χ0) is 14.1. The number of nitrogens with one attached hydrogen (secondary N) is 1. The van der Waals surface area contributed by atoms with Crippen LogP contribution in [0.25, 0.3) is 10.1 Å². The number of benzene rings is 1. The van der Waals surface area contributed by atoms with Crippen LogP contribution < -0.4 is 5.32 Å². The maximum absolute atomic E-state index is 4.48. The molecule has 3 rings (SSSR count). The minimum absolute atomic E-state index is 0.293. The molecule has 20 heavy (non-hydrogen) atoms. The third-order valence-electron chi connectivity index (χ3n) is 3.48. The van der Waals surface area contributed by atoms with Gasteiger partial charge >= 0.3 is 0 Å². The average molecular weight is 285 g/mol. The number of aromatic nitrogens is 2. The molecule has 1 atom stereocenters. The number of fused-ring (bicyclic) bond motifs is 1. The zero-order valence-electron chi connectivity index (χ0n) is 12.1. The SMILES string of the molecule is CCc1nn(C)cc1NC(C)c1cc2ccccc2s1. The molecule has 1 N–H and O–H groups in total. The fourth-order valence-electron chi connectivity index (χ4n) is 2.44. The molecule has 0 radical (unpaired) electrons. The summed E-state index contributed by atoms with van der Waals surface area (Å²) >= 11 is 1.86. The highest BCUT2D eigenvalue weighted by Crippen LogP contribution is 2.31. The Hall–Kier alpha value is -1.81. The van der Waals surface area contributed by atoms with Crippen molar-refractivity contribution >= 4 is 27.1 Å². The van der Waals surface area contributed by atoms with Crippen molar-refractivity contribution in [2.45, 2.75) is 26.3 Å². The van der Waals surface area contributed by atoms with Crippen molar-refractivity contribution in [1.29, 1.82) is 0 Å². The first-order valence-electron chi connectivity index (χ1n) is 6.95. The van der Waals surface area contributed by atoms with E-state index < -0.39 is 0 Å². The largest absolute Gasteiger partial charge is 0.375 e. The molecule has 2 heterocycles. The van der Waals surface area contributed by atoms with Gasteiger partial charge in [-0.2, -0.15) is 5.10 Å². The maximum Gasteiger partial charge on any atom is 0.0853 e. The summed E-state index contributed by atoms with van der Waals surface area (Å²) in [6.45, 7) is 4.34. The molecule has 0 aliphatic carbocycles. The molecule has 3 aromatic rings. The molecule has 0 saturated carbocycles. The molecule has 0 spiro atoms. The van der Waals surface area contributed by atoms with E-state index in [0.717, 1.165) is 17.8 Å². The highest BCUT2D eigenvalue weighted by Gasteiger charge is 2.13. The molecule has 0 bridgehead atoms. The topological polar surface area (TPSA) is 29.9 Å². The summed E-state index contributed by atoms with van der Waals surface area (Å²) in [5, 5.41) is 9.39. The van der Waals surface area contributed by atoms with E-state index >= 15 is 0 Å². The molecule has 1 aromatic carbocycles. The lowest BCUT2D eigenvalue weighted by Gasteiger charge is -2.12. The highest BCUT2D eigenvalue weighted by molar-refractivity contribution is 7.19. The molecule has 0 amide bonds. The molecule has 104 valence electrons. The van der Waals surface area contributed by atoms with E-state index in [1.54, 1.807) is 0 Å². The molecular formula is C16H19N3S. The molecular weight excluding hydrogens is 266 g/mol. The van der Waals surface area contributed by atoms with Gasteiger partial charge in [-0.25, -0.2) is 0 Å². The predicted octanol–water partition coefficient (Wildman–Crippen LogP) is 4.37. The Morgan fingerprint density at radius 2 is 2.15 bits per heavy atom. The highest BCUT2D eigenvalue weighted by atomic mass is 32.1. The second-order valence-electron chi connectivity index (χ2n) is 5.07. The molecule has 4 heteroatoms.